The van der Waals surface area contributed by atoms with Gasteiger partial charge in [-0.2, -0.15) is 0 Å². The van der Waals surface area contributed by atoms with Crippen molar-refractivity contribution < 1.29 is 28.2 Å². The van der Waals surface area contributed by atoms with E-state index < -0.39 is 29.8 Å². The number of Topliss-reactive ketones (excluding diaryl/α,β-unsaturated/α-hetero) is 1. The normalized spacial score (nSPS) is 19.8. The minimum Gasteiger partial charge on any atom is -0.466 e. The standard InChI is InChI=1S/C18H21ClFNO5/c1-3-26-17(23)10-16(22)11-6-7-21(18(24)25-2)15(8-11)13-5-4-12(19)9-14(13)20/h4-5,9,11,15H,3,6-8,10H2,1-2H3/t11-,15+/m0/s1. The fourth-order valence-electron chi connectivity index (χ4n) is 3.16. The van der Waals surface area contributed by atoms with Crippen LogP contribution in [0.15, 0.2) is 18.2 Å². The van der Waals surface area contributed by atoms with E-state index in [0.717, 1.165) is 6.07 Å². The van der Waals surface area contributed by atoms with Gasteiger partial charge in [0.2, 0.25) is 0 Å². The highest BCUT2D eigenvalue weighted by Gasteiger charge is 2.37. The monoisotopic (exact) mass is 385 g/mol. The van der Waals surface area contributed by atoms with E-state index in [1.54, 1.807) is 6.92 Å². The van der Waals surface area contributed by atoms with Gasteiger partial charge in [-0.25, -0.2) is 9.18 Å². The van der Waals surface area contributed by atoms with Crippen LogP contribution in [-0.4, -0.2) is 43.0 Å². The number of amides is 1. The van der Waals surface area contributed by atoms with Crippen molar-refractivity contribution in [3.05, 3.63) is 34.6 Å². The van der Waals surface area contributed by atoms with Crippen LogP contribution in [0.1, 0.15) is 37.8 Å². The summed E-state index contributed by atoms with van der Waals surface area (Å²) in [5.41, 5.74) is 0.258. The van der Waals surface area contributed by atoms with Crippen molar-refractivity contribution in [2.24, 2.45) is 5.92 Å². The van der Waals surface area contributed by atoms with E-state index in [0.29, 0.717) is 6.42 Å². The van der Waals surface area contributed by atoms with Gasteiger partial charge in [0.05, 0.1) is 19.8 Å². The van der Waals surface area contributed by atoms with Crippen LogP contribution in [0.5, 0.6) is 0 Å². The second kappa shape index (κ2) is 8.98. The molecule has 0 radical (unpaired) electrons. The Labute approximate surface area is 156 Å². The molecule has 1 saturated heterocycles. The van der Waals surface area contributed by atoms with Gasteiger partial charge in [-0.05, 0) is 31.9 Å². The Kier molecular flexibility index (Phi) is 6.97. The highest BCUT2D eigenvalue weighted by molar-refractivity contribution is 6.30. The summed E-state index contributed by atoms with van der Waals surface area (Å²) in [5, 5.41) is 0.238. The molecular weight excluding hydrogens is 365 g/mol. The van der Waals surface area contributed by atoms with Crippen LogP contribution in [0.3, 0.4) is 0 Å². The van der Waals surface area contributed by atoms with Crippen LogP contribution >= 0.6 is 11.6 Å². The summed E-state index contributed by atoms with van der Waals surface area (Å²) in [7, 11) is 1.25. The maximum atomic E-state index is 14.4. The summed E-state index contributed by atoms with van der Waals surface area (Å²) >= 11 is 5.80. The molecule has 2 rings (SSSR count). The van der Waals surface area contributed by atoms with E-state index >= 15 is 0 Å². The number of nitrogens with zero attached hydrogens (tertiary/aromatic N) is 1. The molecule has 8 heteroatoms. The fraction of sp³-hybridized carbons (Fsp3) is 0.500. The van der Waals surface area contributed by atoms with E-state index in [9.17, 15) is 18.8 Å². The number of ether oxygens (including phenoxy) is 2. The highest BCUT2D eigenvalue weighted by atomic mass is 35.5. The molecule has 1 heterocycles. The predicted molar refractivity (Wildman–Crippen MR) is 92.2 cm³/mol. The Morgan fingerprint density at radius 2 is 2.08 bits per heavy atom. The van der Waals surface area contributed by atoms with Crippen molar-refractivity contribution in [2.75, 3.05) is 20.3 Å². The maximum Gasteiger partial charge on any atom is 0.409 e. The fourth-order valence-corrected chi connectivity index (χ4v) is 3.32. The third-order valence-corrected chi connectivity index (χ3v) is 4.65. The zero-order valence-corrected chi connectivity index (χ0v) is 15.4. The van der Waals surface area contributed by atoms with Crippen LogP contribution < -0.4 is 0 Å². The number of carbonyl (C=O) groups excluding carboxylic acids is 3. The number of methoxy groups -OCH3 is 1. The van der Waals surface area contributed by atoms with Gasteiger partial charge in [0.1, 0.15) is 18.0 Å². The SMILES string of the molecule is CCOC(=O)CC(=O)[C@H]1CCN(C(=O)OC)[C@@H](c2ccc(Cl)cc2F)C1. The van der Waals surface area contributed by atoms with Gasteiger partial charge < -0.3 is 14.4 Å². The molecular formula is C18H21ClFNO5. The van der Waals surface area contributed by atoms with Crippen molar-refractivity contribution in [1.82, 2.24) is 4.90 Å². The topological polar surface area (TPSA) is 72.9 Å². The van der Waals surface area contributed by atoms with Gasteiger partial charge >= 0.3 is 12.1 Å². The van der Waals surface area contributed by atoms with Crippen molar-refractivity contribution in [2.45, 2.75) is 32.2 Å². The third-order valence-electron chi connectivity index (χ3n) is 4.41. The Morgan fingerprint density at radius 3 is 2.69 bits per heavy atom. The van der Waals surface area contributed by atoms with Crippen molar-refractivity contribution in [3.8, 4) is 0 Å². The maximum absolute atomic E-state index is 14.4. The number of rotatable bonds is 5. The van der Waals surface area contributed by atoms with Gasteiger partial charge in [-0.1, -0.05) is 17.7 Å². The number of hydrogen-bond donors (Lipinski definition) is 0. The summed E-state index contributed by atoms with van der Waals surface area (Å²) in [4.78, 5) is 37.4. The van der Waals surface area contributed by atoms with E-state index in [2.05, 4.69) is 0 Å². The van der Waals surface area contributed by atoms with Crippen LogP contribution in [0.25, 0.3) is 0 Å². The van der Waals surface area contributed by atoms with Gasteiger partial charge in [0.25, 0.3) is 0 Å². The van der Waals surface area contributed by atoms with E-state index in [-0.39, 0.29) is 42.4 Å². The summed E-state index contributed by atoms with van der Waals surface area (Å²) < 4.78 is 24.0. The molecule has 1 aromatic rings. The number of piperidine rings is 1. The number of hydrogen-bond acceptors (Lipinski definition) is 5. The first-order chi connectivity index (χ1) is 12.4. The summed E-state index contributed by atoms with van der Waals surface area (Å²) in [6, 6.07) is 3.51. The first-order valence-electron chi connectivity index (χ1n) is 8.35. The molecule has 0 bridgehead atoms. The Balaban J connectivity index is 2.23. The second-order valence-corrected chi connectivity index (χ2v) is 6.45. The molecule has 0 N–H and O–H groups in total. The van der Waals surface area contributed by atoms with Crippen LogP contribution in [0, 0.1) is 11.7 Å². The number of esters is 1. The van der Waals surface area contributed by atoms with Crippen LogP contribution in [-0.2, 0) is 19.1 Å². The molecule has 1 fully saturated rings. The van der Waals surface area contributed by atoms with Crippen molar-refractivity contribution in [3.63, 3.8) is 0 Å². The molecule has 1 aliphatic heterocycles. The van der Waals surface area contributed by atoms with Gasteiger partial charge in [0.15, 0.2) is 0 Å². The molecule has 0 aliphatic carbocycles. The van der Waals surface area contributed by atoms with E-state index in [1.165, 1.54) is 24.1 Å². The quantitative estimate of drug-likeness (QED) is 0.572. The lowest BCUT2D eigenvalue weighted by molar-refractivity contribution is -0.146. The molecule has 0 spiro atoms. The smallest absolute Gasteiger partial charge is 0.409 e. The Morgan fingerprint density at radius 1 is 1.35 bits per heavy atom. The number of benzene rings is 1. The average Bonchev–Trinajstić information content (AvgIpc) is 2.60. The Bertz CT molecular complexity index is 696. The third kappa shape index (κ3) is 4.72. The minimum absolute atomic E-state index is 0.200. The molecule has 26 heavy (non-hydrogen) atoms. The number of likely N-dealkylation sites (tertiary alicyclic amines) is 1. The van der Waals surface area contributed by atoms with Gasteiger partial charge in [-0.15, -0.1) is 0 Å². The Hall–Kier alpha value is -2.15. The zero-order chi connectivity index (χ0) is 19.3. The second-order valence-electron chi connectivity index (χ2n) is 6.01. The van der Waals surface area contributed by atoms with Crippen LogP contribution in [0.4, 0.5) is 9.18 Å². The lowest BCUT2D eigenvalue weighted by Gasteiger charge is -2.38. The summed E-state index contributed by atoms with van der Waals surface area (Å²) in [6.07, 6.45) is -0.349. The van der Waals surface area contributed by atoms with E-state index in [1.807, 2.05) is 0 Å². The highest BCUT2D eigenvalue weighted by Crippen LogP contribution is 2.37. The van der Waals surface area contributed by atoms with Crippen molar-refractivity contribution >= 4 is 29.4 Å². The predicted octanol–water partition coefficient (Wildman–Crippen LogP) is 3.52. The molecule has 1 aromatic carbocycles. The lowest BCUT2D eigenvalue weighted by atomic mass is 9.83. The van der Waals surface area contributed by atoms with Gasteiger partial charge in [-0.3, -0.25) is 9.59 Å². The molecule has 0 aromatic heterocycles. The molecule has 1 aliphatic rings. The number of ketones is 1. The molecule has 142 valence electrons. The van der Waals surface area contributed by atoms with Crippen molar-refractivity contribution in [1.29, 1.82) is 0 Å². The average molecular weight is 386 g/mol. The first kappa shape index (κ1) is 20.2. The lowest BCUT2D eigenvalue weighted by Crippen LogP contribution is -2.43. The number of carbonyl (C=O) groups is 3. The largest absolute Gasteiger partial charge is 0.466 e. The molecule has 0 unspecified atom stereocenters. The van der Waals surface area contributed by atoms with Crippen LogP contribution in [0.2, 0.25) is 5.02 Å². The summed E-state index contributed by atoms with van der Waals surface area (Å²) in [5.74, 6) is -1.88. The summed E-state index contributed by atoms with van der Waals surface area (Å²) in [6.45, 7) is 2.08. The molecule has 1 amide bonds. The first-order valence-corrected chi connectivity index (χ1v) is 8.73. The number of halogens is 2. The minimum atomic E-state index is -0.676. The molecule has 2 atom stereocenters. The molecule has 0 saturated carbocycles. The molecule has 6 nitrogen and oxygen atoms in total. The van der Waals surface area contributed by atoms with Gasteiger partial charge in [0, 0.05) is 23.0 Å². The zero-order valence-electron chi connectivity index (χ0n) is 14.7. The van der Waals surface area contributed by atoms with E-state index in [4.69, 9.17) is 21.1 Å².